The summed E-state index contributed by atoms with van der Waals surface area (Å²) in [7, 11) is 0. The zero-order valence-electron chi connectivity index (χ0n) is 8.23. The lowest BCUT2D eigenvalue weighted by Crippen LogP contribution is -2.46. The van der Waals surface area contributed by atoms with Gasteiger partial charge in [-0.05, 0) is 26.3 Å². The number of rotatable bonds is 4. The normalized spacial score (nSPS) is 22.7. The Balaban J connectivity index is 2.06. The van der Waals surface area contributed by atoms with Gasteiger partial charge in [-0.15, -0.1) is 0 Å². The molecule has 4 nitrogen and oxygen atoms in total. The van der Waals surface area contributed by atoms with E-state index in [0.29, 0.717) is 19.1 Å². The molecule has 3 N–H and O–H groups in total. The highest BCUT2D eigenvalue weighted by atomic mass is 16.1. The predicted octanol–water partition coefficient (Wildman–Crippen LogP) is -0.536. The Morgan fingerprint density at radius 3 is 3.08 bits per heavy atom. The van der Waals surface area contributed by atoms with Crippen LogP contribution in [0, 0.1) is 0 Å². The van der Waals surface area contributed by atoms with E-state index >= 15 is 0 Å². The van der Waals surface area contributed by atoms with Crippen molar-refractivity contribution >= 4 is 5.91 Å². The number of carbonyl (C=O) groups is 1. The number of piperidine rings is 1. The van der Waals surface area contributed by atoms with Crippen molar-refractivity contribution in [1.29, 1.82) is 0 Å². The topological polar surface area (TPSA) is 53.2 Å². The number of carbonyl (C=O) groups excluding carboxylic acids is 1. The van der Waals surface area contributed by atoms with Gasteiger partial charge in [-0.3, -0.25) is 4.79 Å². The van der Waals surface area contributed by atoms with Crippen LogP contribution in [0.3, 0.4) is 0 Å². The van der Waals surface area contributed by atoms with Crippen molar-refractivity contribution in [2.24, 2.45) is 0 Å². The first-order valence-corrected chi connectivity index (χ1v) is 5.03. The van der Waals surface area contributed by atoms with Crippen molar-refractivity contribution in [3.8, 4) is 0 Å². The fraction of sp³-hybridized carbons (Fsp3) is 0.889. The van der Waals surface area contributed by atoms with Crippen LogP contribution >= 0.6 is 0 Å². The van der Waals surface area contributed by atoms with Gasteiger partial charge in [0, 0.05) is 19.1 Å². The van der Waals surface area contributed by atoms with Crippen molar-refractivity contribution in [3.05, 3.63) is 0 Å². The van der Waals surface area contributed by atoms with Gasteiger partial charge in [0.25, 0.3) is 0 Å². The van der Waals surface area contributed by atoms with E-state index in [9.17, 15) is 4.79 Å². The standard InChI is InChI=1S/C9H19N3O/c1-2-11-9(13)7-12-8-4-3-5-10-6-8/h8,10,12H,2-7H2,1H3,(H,11,13). The van der Waals surface area contributed by atoms with E-state index in [0.717, 1.165) is 13.1 Å². The molecule has 13 heavy (non-hydrogen) atoms. The van der Waals surface area contributed by atoms with E-state index in [4.69, 9.17) is 0 Å². The highest BCUT2D eigenvalue weighted by molar-refractivity contribution is 5.77. The van der Waals surface area contributed by atoms with Gasteiger partial charge in [-0.2, -0.15) is 0 Å². The minimum atomic E-state index is 0.0908. The van der Waals surface area contributed by atoms with Crippen molar-refractivity contribution in [3.63, 3.8) is 0 Å². The summed E-state index contributed by atoms with van der Waals surface area (Å²) >= 11 is 0. The molecule has 0 radical (unpaired) electrons. The maximum atomic E-state index is 11.1. The van der Waals surface area contributed by atoms with Crippen molar-refractivity contribution in [2.75, 3.05) is 26.2 Å². The summed E-state index contributed by atoms with van der Waals surface area (Å²) in [5.74, 6) is 0.0908. The van der Waals surface area contributed by atoms with Gasteiger partial charge in [-0.25, -0.2) is 0 Å². The van der Waals surface area contributed by atoms with Crippen molar-refractivity contribution in [2.45, 2.75) is 25.8 Å². The molecule has 0 aliphatic carbocycles. The third-order valence-corrected chi connectivity index (χ3v) is 2.22. The second-order valence-corrected chi connectivity index (χ2v) is 3.38. The fourth-order valence-electron chi connectivity index (χ4n) is 1.52. The lowest BCUT2D eigenvalue weighted by molar-refractivity contribution is -0.120. The monoisotopic (exact) mass is 185 g/mol. The van der Waals surface area contributed by atoms with Gasteiger partial charge < -0.3 is 16.0 Å². The Bertz CT molecular complexity index is 155. The van der Waals surface area contributed by atoms with Crippen LogP contribution in [-0.2, 0) is 4.79 Å². The van der Waals surface area contributed by atoms with E-state index in [1.165, 1.54) is 12.8 Å². The number of nitrogens with one attached hydrogen (secondary N) is 3. The van der Waals surface area contributed by atoms with E-state index in [1.807, 2.05) is 6.92 Å². The van der Waals surface area contributed by atoms with Crippen LogP contribution in [0.25, 0.3) is 0 Å². The zero-order valence-corrected chi connectivity index (χ0v) is 8.23. The molecule has 1 amide bonds. The van der Waals surface area contributed by atoms with Crippen molar-refractivity contribution in [1.82, 2.24) is 16.0 Å². The van der Waals surface area contributed by atoms with Gasteiger partial charge in [0.2, 0.25) is 5.91 Å². The molecule has 0 spiro atoms. The van der Waals surface area contributed by atoms with E-state index < -0.39 is 0 Å². The number of likely N-dealkylation sites (N-methyl/N-ethyl adjacent to an activating group) is 1. The third-order valence-electron chi connectivity index (χ3n) is 2.22. The Hall–Kier alpha value is -0.610. The van der Waals surface area contributed by atoms with Gasteiger partial charge in [0.05, 0.1) is 6.54 Å². The summed E-state index contributed by atoms with van der Waals surface area (Å²) in [6, 6.07) is 0.469. The van der Waals surface area contributed by atoms with Crippen LogP contribution in [0.15, 0.2) is 0 Å². The molecule has 1 rings (SSSR count). The predicted molar refractivity (Wildman–Crippen MR) is 52.6 cm³/mol. The zero-order chi connectivity index (χ0) is 9.52. The number of hydrogen-bond acceptors (Lipinski definition) is 3. The first-order chi connectivity index (χ1) is 6.33. The molecule has 1 unspecified atom stereocenters. The summed E-state index contributed by atoms with van der Waals surface area (Å²) in [4.78, 5) is 11.1. The van der Waals surface area contributed by atoms with Gasteiger partial charge in [0.15, 0.2) is 0 Å². The molecule has 1 fully saturated rings. The van der Waals surface area contributed by atoms with Crippen LogP contribution in [0.5, 0.6) is 0 Å². The molecule has 0 bridgehead atoms. The smallest absolute Gasteiger partial charge is 0.233 e. The molecule has 0 aromatic rings. The molecule has 0 aromatic carbocycles. The minimum Gasteiger partial charge on any atom is -0.355 e. The molecule has 76 valence electrons. The van der Waals surface area contributed by atoms with Gasteiger partial charge in [-0.1, -0.05) is 0 Å². The largest absolute Gasteiger partial charge is 0.355 e. The molecule has 1 atom stereocenters. The molecule has 1 saturated heterocycles. The second-order valence-electron chi connectivity index (χ2n) is 3.38. The Morgan fingerprint density at radius 1 is 1.62 bits per heavy atom. The van der Waals surface area contributed by atoms with Crippen molar-refractivity contribution < 1.29 is 4.79 Å². The van der Waals surface area contributed by atoms with E-state index in [1.54, 1.807) is 0 Å². The average molecular weight is 185 g/mol. The summed E-state index contributed by atoms with van der Waals surface area (Å²) in [6.45, 7) is 5.18. The Labute approximate surface area is 79.5 Å². The first-order valence-electron chi connectivity index (χ1n) is 5.03. The summed E-state index contributed by atoms with van der Waals surface area (Å²) in [6.07, 6.45) is 2.37. The molecule has 0 saturated carbocycles. The van der Waals surface area contributed by atoms with E-state index in [2.05, 4.69) is 16.0 Å². The first kappa shape index (κ1) is 10.5. The SMILES string of the molecule is CCNC(=O)CNC1CCCNC1. The Kier molecular flexibility index (Phi) is 4.78. The van der Waals surface area contributed by atoms with Crippen LogP contribution in [0.1, 0.15) is 19.8 Å². The Morgan fingerprint density at radius 2 is 2.46 bits per heavy atom. The highest BCUT2D eigenvalue weighted by Gasteiger charge is 2.12. The number of amides is 1. The quantitative estimate of drug-likeness (QED) is 0.551. The lowest BCUT2D eigenvalue weighted by atomic mass is 10.1. The summed E-state index contributed by atoms with van der Waals surface area (Å²) in [5, 5.41) is 9.29. The molecule has 1 aliphatic rings. The minimum absolute atomic E-state index is 0.0908. The maximum absolute atomic E-state index is 11.1. The third kappa shape index (κ3) is 4.24. The summed E-state index contributed by atoms with van der Waals surface area (Å²) in [5.41, 5.74) is 0. The van der Waals surface area contributed by atoms with Crippen LogP contribution in [0.2, 0.25) is 0 Å². The van der Waals surface area contributed by atoms with Crippen LogP contribution < -0.4 is 16.0 Å². The van der Waals surface area contributed by atoms with Crippen LogP contribution in [-0.4, -0.2) is 38.1 Å². The molecule has 4 heteroatoms. The average Bonchev–Trinajstić information content (AvgIpc) is 2.17. The summed E-state index contributed by atoms with van der Waals surface area (Å²) < 4.78 is 0. The van der Waals surface area contributed by atoms with Gasteiger partial charge >= 0.3 is 0 Å². The maximum Gasteiger partial charge on any atom is 0.233 e. The molecule has 0 aromatic heterocycles. The second kappa shape index (κ2) is 5.94. The molecular formula is C9H19N3O. The fourth-order valence-corrected chi connectivity index (χ4v) is 1.52. The number of hydrogen-bond donors (Lipinski definition) is 3. The molecule has 1 aliphatic heterocycles. The van der Waals surface area contributed by atoms with Gasteiger partial charge in [0.1, 0.15) is 0 Å². The van der Waals surface area contributed by atoms with Crippen LogP contribution in [0.4, 0.5) is 0 Å². The molecular weight excluding hydrogens is 166 g/mol. The lowest BCUT2D eigenvalue weighted by Gasteiger charge is -2.23. The highest BCUT2D eigenvalue weighted by Crippen LogP contribution is 1.99. The van der Waals surface area contributed by atoms with E-state index in [-0.39, 0.29) is 5.91 Å². The molecule has 1 heterocycles.